The van der Waals surface area contributed by atoms with Crippen molar-refractivity contribution in [2.75, 3.05) is 40.9 Å². The summed E-state index contributed by atoms with van der Waals surface area (Å²) in [6, 6.07) is 9.24. The van der Waals surface area contributed by atoms with Gasteiger partial charge in [0.2, 0.25) is 10.0 Å². The number of nitrogens with one attached hydrogen (secondary N) is 3. The smallest absolute Gasteiger partial charge is 0.322 e. The van der Waals surface area contributed by atoms with Gasteiger partial charge in [-0.05, 0) is 82.2 Å². The standard InChI is InChI=1S/C26H35N5O6S2/c1-25(2,3)39(27,36)22-7-5-6-21(28-22)29-24(33)19-9-8-18(30-38(34,35)17-23(32)37-4)16-20(19)31-14-12-26(10-11-26)13-15-31/h5-9,16,27,30H,10-15,17H2,1-4H3,(H,28,29,33). The van der Waals surface area contributed by atoms with Crippen LogP contribution in [0.2, 0.25) is 0 Å². The first-order valence-corrected chi connectivity index (χ1v) is 15.9. The average Bonchev–Trinajstić information content (AvgIpc) is 3.61. The number of sulfonamides is 1. The zero-order valence-electron chi connectivity index (χ0n) is 22.6. The maximum atomic E-state index is 13.5. The molecular formula is C26H35N5O6S2. The number of carbonyl (C=O) groups is 2. The number of ether oxygens (including phenoxy) is 1. The van der Waals surface area contributed by atoms with E-state index in [1.165, 1.54) is 31.0 Å². The molecule has 2 fully saturated rings. The zero-order chi connectivity index (χ0) is 28.6. The second kappa shape index (κ2) is 10.4. The Balaban J connectivity index is 1.63. The SMILES string of the molecule is COC(=O)CS(=O)(=O)Nc1ccc(C(=O)Nc2cccc(S(=N)(=O)C(C)(C)C)n2)c(N2CCC3(CC2)CC3)c1. The number of hydrogen-bond donors (Lipinski definition) is 3. The van der Waals surface area contributed by atoms with E-state index in [1.807, 2.05) is 0 Å². The number of rotatable bonds is 8. The Morgan fingerprint density at radius 3 is 2.33 bits per heavy atom. The van der Waals surface area contributed by atoms with Gasteiger partial charge in [-0.1, -0.05) is 6.07 Å². The molecule has 1 aromatic heterocycles. The van der Waals surface area contributed by atoms with E-state index in [2.05, 4.69) is 24.7 Å². The van der Waals surface area contributed by atoms with Crippen LogP contribution in [0.5, 0.6) is 0 Å². The summed E-state index contributed by atoms with van der Waals surface area (Å²) >= 11 is 0. The minimum Gasteiger partial charge on any atom is -0.468 e. The van der Waals surface area contributed by atoms with Crippen molar-refractivity contribution >= 4 is 48.8 Å². The molecule has 1 saturated heterocycles. The zero-order valence-corrected chi connectivity index (χ0v) is 24.2. The molecule has 1 saturated carbocycles. The van der Waals surface area contributed by atoms with E-state index in [4.69, 9.17) is 4.78 Å². The highest BCUT2D eigenvalue weighted by molar-refractivity contribution is 7.93. The van der Waals surface area contributed by atoms with Crippen LogP contribution in [0, 0.1) is 10.2 Å². The average molecular weight is 578 g/mol. The fourth-order valence-corrected chi connectivity index (χ4v) is 6.63. The van der Waals surface area contributed by atoms with Crippen molar-refractivity contribution in [1.29, 1.82) is 4.78 Å². The van der Waals surface area contributed by atoms with Crippen LogP contribution in [0.1, 0.15) is 56.8 Å². The highest BCUT2D eigenvalue weighted by atomic mass is 32.2. The van der Waals surface area contributed by atoms with Gasteiger partial charge in [0, 0.05) is 13.1 Å². The first-order chi connectivity index (χ1) is 18.1. The Hall–Kier alpha value is -3.19. The third-order valence-corrected chi connectivity index (χ3v) is 11.0. The Kier molecular flexibility index (Phi) is 7.69. The van der Waals surface area contributed by atoms with Crippen LogP contribution in [0.15, 0.2) is 41.4 Å². The molecule has 11 nitrogen and oxygen atoms in total. The van der Waals surface area contributed by atoms with Crippen molar-refractivity contribution in [3.63, 3.8) is 0 Å². The van der Waals surface area contributed by atoms with E-state index < -0.39 is 42.1 Å². The van der Waals surface area contributed by atoms with Gasteiger partial charge in [0.15, 0.2) is 5.75 Å². The normalized spacial score (nSPS) is 18.2. The molecule has 4 rings (SSSR count). The van der Waals surface area contributed by atoms with Gasteiger partial charge in [0.05, 0.1) is 38.5 Å². The number of anilines is 3. The summed E-state index contributed by atoms with van der Waals surface area (Å²) in [7, 11) is -6.13. The molecule has 0 bridgehead atoms. The van der Waals surface area contributed by atoms with Crippen molar-refractivity contribution in [2.24, 2.45) is 5.41 Å². The molecule has 39 heavy (non-hydrogen) atoms. The Labute approximate surface area is 229 Å². The number of hydrogen-bond acceptors (Lipinski definition) is 9. The first kappa shape index (κ1) is 28.8. The predicted molar refractivity (Wildman–Crippen MR) is 150 cm³/mol. The van der Waals surface area contributed by atoms with Crippen molar-refractivity contribution in [2.45, 2.75) is 56.2 Å². The number of esters is 1. The van der Waals surface area contributed by atoms with Crippen LogP contribution in [-0.2, 0) is 29.3 Å². The number of pyridine rings is 1. The molecular weight excluding hydrogens is 542 g/mol. The molecule has 0 radical (unpaired) electrons. The van der Waals surface area contributed by atoms with E-state index in [-0.39, 0.29) is 16.5 Å². The van der Waals surface area contributed by atoms with Crippen LogP contribution < -0.4 is 14.9 Å². The molecule has 1 unspecified atom stereocenters. The Bertz CT molecular complexity index is 1480. The summed E-state index contributed by atoms with van der Waals surface area (Å²) in [6.07, 6.45) is 4.38. The first-order valence-electron chi connectivity index (χ1n) is 12.7. The van der Waals surface area contributed by atoms with Crippen molar-refractivity contribution in [1.82, 2.24) is 4.98 Å². The van der Waals surface area contributed by atoms with Gasteiger partial charge in [-0.3, -0.25) is 14.3 Å². The predicted octanol–water partition coefficient (Wildman–Crippen LogP) is 3.83. The summed E-state index contributed by atoms with van der Waals surface area (Å²) in [5.41, 5.74) is 1.47. The van der Waals surface area contributed by atoms with Gasteiger partial charge >= 0.3 is 5.97 Å². The minimum absolute atomic E-state index is 0.0779. The highest BCUT2D eigenvalue weighted by Crippen LogP contribution is 2.54. The number of aromatic nitrogens is 1. The number of methoxy groups -OCH3 is 1. The molecule has 1 spiro atoms. The van der Waals surface area contributed by atoms with Crippen LogP contribution >= 0.6 is 0 Å². The lowest BCUT2D eigenvalue weighted by Crippen LogP contribution is -2.36. The van der Waals surface area contributed by atoms with E-state index in [0.29, 0.717) is 16.7 Å². The summed E-state index contributed by atoms with van der Waals surface area (Å²) < 4.78 is 52.3. The number of benzene rings is 1. The lowest BCUT2D eigenvalue weighted by molar-refractivity contribution is -0.137. The molecule has 212 valence electrons. The molecule has 2 heterocycles. The summed E-state index contributed by atoms with van der Waals surface area (Å²) in [5.74, 6) is -2.03. The molecule has 1 aliphatic heterocycles. The number of piperidine rings is 1. The second-order valence-corrected chi connectivity index (χ2v) is 15.6. The van der Waals surface area contributed by atoms with Crippen LogP contribution in [0.25, 0.3) is 0 Å². The number of amides is 1. The second-order valence-electron chi connectivity index (χ2n) is 11.1. The fraction of sp³-hybridized carbons (Fsp3) is 0.500. The fourth-order valence-electron chi connectivity index (χ4n) is 4.52. The molecule has 2 aliphatic rings. The van der Waals surface area contributed by atoms with E-state index in [9.17, 15) is 22.2 Å². The molecule has 1 aromatic carbocycles. The topological polar surface area (TPSA) is 159 Å². The monoisotopic (exact) mass is 577 g/mol. The van der Waals surface area contributed by atoms with Gasteiger partial charge in [0.1, 0.15) is 10.8 Å². The summed E-state index contributed by atoms with van der Waals surface area (Å²) in [4.78, 5) is 31.3. The molecule has 2 aromatic rings. The molecule has 1 atom stereocenters. The van der Waals surface area contributed by atoms with Crippen molar-refractivity contribution < 1.29 is 27.0 Å². The molecule has 13 heteroatoms. The maximum absolute atomic E-state index is 13.5. The summed E-state index contributed by atoms with van der Waals surface area (Å²) in [6.45, 7) is 6.55. The number of carbonyl (C=O) groups excluding carboxylic acids is 2. The van der Waals surface area contributed by atoms with Gasteiger partial charge in [0.25, 0.3) is 5.91 Å². The minimum atomic E-state index is -4.01. The Morgan fingerprint density at radius 1 is 1.08 bits per heavy atom. The summed E-state index contributed by atoms with van der Waals surface area (Å²) in [5, 5.41) is 2.82. The largest absolute Gasteiger partial charge is 0.468 e. The van der Waals surface area contributed by atoms with Crippen molar-refractivity contribution in [3.8, 4) is 0 Å². The van der Waals surface area contributed by atoms with Crippen LogP contribution in [0.3, 0.4) is 0 Å². The Morgan fingerprint density at radius 2 is 1.74 bits per heavy atom. The van der Waals surface area contributed by atoms with E-state index in [1.54, 1.807) is 39.0 Å². The lowest BCUT2D eigenvalue weighted by atomic mass is 9.93. The van der Waals surface area contributed by atoms with Gasteiger partial charge in [-0.25, -0.2) is 22.4 Å². The maximum Gasteiger partial charge on any atom is 0.322 e. The lowest BCUT2D eigenvalue weighted by Gasteiger charge is -2.35. The highest BCUT2D eigenvalue weighted by Gasteiger charge is 2.44. The van der Waals surface area contributed by atoms with E-state index >= 15 is 0 Å². The van der Waals surface area contributed by atoms with Crippen LogP contribution in [-0.4, -0.2) is 60.2 Å². The molecule has 1 amide bonds. The van der Waals surface area contributed by atoms with E-state index in [0.717, 1.165) is 33.0 Å². The van der Waals surface area contributed by atoms with Gasteiger partial charge < -0.3 is 15.0 Å². The van der Waals surface area contributed by atoms with Gasteiger partial charge in [-0.15, -0.1) is 0 Å². The number of nitrogens with zero attached hydrogens (tertiary/aromatic N) is 2. The van der Waals surface area contributed by atoms with Gasteiger partial charge in [-0.2, -0.15) is 0 Å². The molecule has 3 N–H and O–H groups in total. The van der Waals surface area contributed by atoms with Crippen LogP contribution in [0.4, 0.5) is 17.2 Å². The van der Waals surface area contributed by atoms with Crippen molar-refractivity contribution in [3.05, 3.63) is 42.0 Å². The quantitative estimate of drug-likeness (QED) is 0.399. The third-order valence-electron chi connectivity index (χ3n) is 7.30. The third kappa shape index (κ3) is 6.52. The molecule has 1 aliphatic carbocycles.